The van der Waals surface area contributed by atoms with E-state index in [1.54, 1.807) is 12.5 Å². The average molecular weight is 2090 g/mol. The Hall–Kier alpha value is -6.08. The summed E-state index contributed by atoms with van der Waals surface area (Å²) in [4.78, 5) is 20.4. The first-order valence-corrected chi connectivity index (χ1v) is 54.7. The van der Waals surface area contributed by atoms with Crippen molar-refractivity contribution in [1.29, 1.82) is 0 Å². The minimum absolute atomic E-state index is 0.0632. The maximum Gasteiger partial charge on any atom is 0.160 e. The van der Waals surface area contributed by atoms with Crippen molar-refractivity contribution in [1.82, 2.24) is 0 Å². The summed E-state index contributed by atoms with van der Waals surface area (Å²) in [5.74, 6) is 5.24. The van der Waals surface area contributed by atoms with Crippen molar-refractivity contribution in [3.05, 3.63) is 126 Å². The van der Waals surface area contributed by atoms with Crippen LogP contribution in [0.4, 0.5) is 0 Å². The van der Waals surface area contributed by atoms with Crippen LogP contribution in [0, 0.1) is 0 Å². The second kappa shape index (κ2) is 93.5. The predicted octanol–water partition coefficient (Wildman–Crippen LogP) is 25.6. The first kappa shape index (κ1) is 143. The van der Waals surface area contributed by atoms with Crippen LogP contribution in [0.3, 0.4) is 0 Å². The highest BCUT2D eigenvalue weighted by Crippen LogP contribution is 2.34. The number of furan rings is 1. The predicted molar refractivity (Wildman–Crippen MR) is 590 cm³/mol. The van der Waals surface area contributed by atoms with Crippen LogP contribution >= 0.6 is 0 Å². The van der Waals surface area contributed by atoms with Gasteiger partial charge < -0.3 is 118 Å². The van der Waals surface area contributed by atoms with E-state index < -0.39 is 0 Å². The Morgan fingerprint density at radius 2 is 0.490 bits per heavy atom. The third kappa shape index (κ3) is 94.4. The molecule has 0 saturated heterocycles. The van der Waals surface area contributed by atoms with E-state index in [-0.39, 0.29) is 72.6 Å². The summed E-state index contributed by atoms with van der Waals surface area (Å²) in [6.07, 6.45) is 16.8. The van der Waals surface area contributed by atoms with E-state index in [0.29, 0.717) is 231 Å². The van der Waals surface area contributed by atoms with Crippen molar-refractivity contribution in [3.8, 4) is 40.2 Å². The van der Waals surface area contributed by atoms with Gasteiger partial charge in [-0.05, 0) is 321 Å². The first-order chi connectivity index (χ1) is 69.8. The van der Waals surface area contributed by atoms with E-state index >= 15 is 0 Å². The molecule has 1 aliphatic carbocycles. The zero-order valence-electron chi connectivity index (χ0n) is 98.7. The van der Waals surface area contributed by atoms with Gasteiger partial charge in [0.1, 0.15) is 87.0 Å². The molecule has 0 unspecified atom stereocenters. The average Bonchev–Trinajstić information content (AvgIpc) is 1.50. The number of benzene rings is 4. The van der Waals surface area contributed by atoms with Gasteiger partial charge in [-0.1, -0.05) is 56.3 Å². The largest absolute Gasteiger partial charge is 0.491 e. The monoisotopic (exact) mass is 2090 g/mol. The van der Waals surface area contributed by atoms with E-state index in [2.05, 4.69) is 106 Å². The summed E-state index contributed by atoms with van der Waals surface area (Å²) in [6, 6.07) is 30.3. The van der Waals surface area contributed by atoms with E-state index in [9.17, 15) is 0 Å². The molecule has 1 fully saturated rings. The lowest BCUT2D eigenvalue weighted by Crippen LogP contribution is -2.29. The first-order valence-electron chi connectivity index (χ1n) is 54.7. The number of hydrogen-bond donors (Lipinski definition) is 0. The quantitative estimate of drug-likeness (QED) is 0.0199. The standard InChI is InChI=1S/C25H36O4.C21H36O6.C16H26O4.C14H24O5.C12H26O4.C12H24O2.C10H22O2.C8H18O2/c1-19(2)26-17-18-27-24-13-11-23(12-14-24)25(5,6)22-9-7-21(8-10-22)15-16-28-29-20(3)4;1-16(2)22-7-10-25-19-13-20(26-11-8-23-17(3)4)15-21(14-19)27-12-9-24-18(5)6;1-13(2)17-8-10-19-15-6-5-7-16(12-15)20-11-9-18-14(3)4;1-11(2)16-7-8-17-14-10-15-9-13(14)5-6-18-19-12(3)4;1-11(2)15-9-7-13-5-6-14-8-10-16-12(3)4;1-9(2)13-11-5-7-12(8-6-11)14-10(3)4;1-9(2)11-7-5-6-8-12-10(3)4;1-7(2)9-5-6-10-8(3)4/h7-14,19-20H,15-18H2,1-6H3;13-18H,7-12H2,1-6H3;5-7,12-14H,8-11H2,1-4H3;9-12H,5-8H2,1-4H3;11-12H,5-10H2,1-4H3;9-12H,5-8H2,1-4H3;9-10H,5-8H2,1-4H3;7-8H,5-6H2,1-4H3. The van der Waals surface area contributed by atoms with Crippen molar-refractivity contribution in [2.24, 2.45) is 0 Å². The third-order valence-corrected chi connectivity index (χ3v) is 19.4. The minimum atomic E-state index is -0.0882. The molecule has 5 aromatic rings. The molecule has 29 heteroatoms. The molecule has 147 heavy (non-hydrogen) atoms. The molecule has 858 valence electrons. The van der Waals surface area contributed by atoms with E-state index in [4.69, 9.17) is 138 Å². The van der Waals surface area contributed by atoms with Gasteiger partial charge in [-0.25, -0.2) is 19.6 Å². The summed E-state index contributed by atoms with van der Waals surface area (Å²) in [5.41, 5.74) is 4.65. The van der Waals surface area contributed by atoms with Crippen LogP contribution in [-0.2, 0) is 118 Å². The van der Waals surface area contributed by atoms with Gasteiger partial charge in [0.25, 0.3) is 0 Å². The van der Waals surface area contributed by atoms with E-state index in [1.807, 2.05) is 235 Å². The molecule has 0 spiro atoms. The normalized spacial score (nSPS) is 13.2. The van der Waals surface area contributed by atoms with Crippen molar-refractivity contribution in [3.63, 3.8) is 0 Å². The van der Waals surface area contributed by atoms with Crippen LogP contribution in [-0.4, -0.2) is 288 Å². The maximum absolute atomic E-state index is 5.79. The van der Waals surface area contributed by atoms with Crippen molar-refractivity contribution in [2.75, 3.05) is 172 Å². The van der Waals surface area contributed by atoms with Crippen LogP contribution in [0.1, 0.15) is 310 Å². The topological polar surface area (TPSA) is 272 Å². The molecule has 1 aliphatic rings. The smallest absolute Gasteiger partial charge is 0.160 e. The molecule has 29 nitrogen and oxygen atoms in total. The molecule has 4 aromatic carbocycles. The molecular weight excluding hydrogens is 1880 g/mol. The van der Waals surface area contributed by atoms with Crippen molar-refractivity contribution >= 4 is 0 Å². The molecule has 1 aromatic heterocycles. The van der Waals surface area contributed by atoms with E-state index in [1.165, 1.54) is 16.7 Å². The van der Waals surface area contributed by atoms with Crippen LogP contribution in [0.2, 0.25) is 0 Å². The van der Waals surface area contributed by atoms with Gasteiger partial charge >= 0.3 is 0 Å². The lowest BCUT2D eigenvalue weighted by Gasteiger charge is -2.30. The fourth-order valence-corrected chi connectivity index (χ4v) is 12.6. The van der Waals surface area contributed by atoms with Crippen LogP contribution < -0.4 is 33.2 Å². The zero-order valence-corrected chi connectivity index (χ0v) is 98.7. The molecule has 0 aliphatic heterocycles. The second-order valence-electron chi connectivity index (χ2n) is 40.3. The highest BCUT2D eigenvalue weighted by Gasteiger charge is 2.25. The Bertz CT molecular complexity index is 3370. The Morgan fingerprint density at radius 3 is 0.789 bits per heavy atom. The maximum atomic E-state index is 5.79. The van der Waals surface area contributed by atoms with Gasteiger partial charge in [0, 0.05) is 54.9 Å². The molecule has 0 amide bonds. The SMILES string of the molecule is CC(C)OC1CCC(OC(C)C)CC1.CC(C)OCCCCOC(C)C.CC(C)OCCOC(C)C.CC(C)OCCOCCOCCOC(C)C.CC(C)OCCOc1cc(OCCOC(C)C)cc(OCCOC(C)C)c1.CC(C)OCCOc1ccc(C(C)(C)c2ccc(CCOOC(C)C)cc2)cc1.CC(C)OCCOc1cccc(OCCOC(C)C)c1.CC(C)OCCOc1cocc1CCOOC(C)C. The number of ether oxygens (including phenoxy) is 24. The van der Waals surface area contributed by atoms with Gasteiger partial charge in [-0.2, -0.15) is 0 Å². The Balaban J connectivity index is 0. The Kier molecular flexibility index (Phi) is 91.0. The molecule has 0 radical (unpaired) electrons. The van der Waals surface area contributed by atoms with Crippen LogP contribution in [0.5, 0.6) is 40.2 Å². The molecule has 0 N–H and O–H groups in total. The molecule has 0 atom stereocenters. The van der Waals surface area contributed by atoms with Gasteiger partial charge in [0.15, 0.2) is 5.75 Å². The number of hydrogen-bond acceptors (Lipinski definition) is 29. The summed E-state index contributed by atoms with van der Waals surface area (Å²) in [7, 11) is 0. The summed E-state index contributed by atoms with van der Waals surface area (Å²) in [6.45, 7) is 88.5. The summed E-state index contributed by atoms with van der Waals surface area (Å²) < 4.78 is 138. The zero-order chi connectivity index (χ0) is 110. The third-order valence-electron chi connectivity index (χ3n) is 19.4. The van der Waals surface area contributed by atoms with Crippen LogP contribution in [0.25, 0.3) is 0 Å². The molecule has 0 bridgehead atoms. The second-order valence-corrected chi connectivity index (χ2v) is 40.3. The minimum Gasteiger partial charge on any atom is -0.491 e. The van der Waals surface area contributed by atoms with Crippen LogP contribution in [0.15, 0.2) is 108 Å². The van der Waals surface area contributed by atoms with Crippen molar-refractivity contribution in [2.45, 2.75) is 422 Å². The Morgan fingerprint density at radius 1 is 0.238 bits per heavy atom. The fraction of sp³-hybridized carbons (Fsp3) is 0.763. The number of unbranched alkanes of at least 4 members (excludes halogenated alkanes) is 1. The molecular formula is C118H212O29. The van der Waals surface area contributed by atoms with Gasteiger partial charge in [0.2, 0.25) is 0 Å². The lowest BCUT2D eigenvalue weighted by atomic mass is 9.78. The van der Waals surface area contributed by atoms with E-state index in [0.717, 1.165) is 86.7 Å². The summed E-state index contributed by atoms with van der Waals surface area (Å²) in [5, 5.41) is 0. The number of rotatable bonds is 74. The van der Waals surface area contributed by atoms with Gasteiger partial charge in [0.05, 0.1) is 235 Å². The van der Waals surface area contributed by atoms with Gasteiger partial charge in [-0.15, -0.1) is 0 Å². The highest BCUT2D eigenvalue weighted by molar-refractivity contribution is 5.43. The summed E-state index contributed by atoms with van der Waals surface area (Å²) >= 11 is 0. The molecule has 1 heterocycles. The van der Waals surface area contributed by atoms with Gasteiger partial charge in [-0.3, -0.25) is 0 Å². The van der Waals surface area contributed by atoms with Crippen molar-refractivity contribution < 1.29 is 138 Å². The highest BCUT2D eigenvalue weighted by atomic mass is 17.2. The molecule has 6 rings (SSSR count). The lowest BCUT2D eigenvalue weighted by molar-refractivity contribution is -0.316. The Labute approximate surface area is 892 Å². The molecule has 1 saturated carbocycles. The fourth-order valence-electron chi connectivity index (χ4n) is 12.6.